The van der Waals surface area contributed by atoms with Crippen LogP contribution in [0.3, 0.4) is 0 Å². The molecule has 2 heterocycles. The second-order valence-electron chi connectivity index (χ2n) is 5.19. The van der Waals surface area contributed by atoms with Crippen LogP contribution in [0.1, 0.15) is 29.1 Å². The van der Waals surface area contributed by atoms with E-state index in [1.165, 1.54) is 23.4 Å². The van der Waals surface area contributed by atoms with Crippen molar-refractivity contribution in [2.24, 2.45) is 0 Å². The van der Waals surface area contributed by atoms with Gasteiger partial charge in [-0.25, -0.2) is 4.98 Å². The SMILES string of the molecule is CN(Cc1ccoc1)Cc1csc(CNC2CC2)n1. The van der Waals surface area contributed by atoms with Gasteiger partial charge in [-0.3, -0.25) is 4.90 Å². The van der Waals surface area contributed by atoms with Gasteiger partial charge >= 0.3 is 0 Å². The molecule has 0 saturated heterocycles. The summed E-state index contributed by atoms with van der Waals surface area (Å²) in [5, 5.41) is 6.85. The Hall–Kier alpha value is -1.17. The molecule has 3 rings (SSSR count). The highest BCUT2D eigenvalue weighted by Crippen LogP contribution is 2.20. The number of rotatable bonds is 7. The third-order valence-electron chi connectivity index (χ3n) is 3.18. The molecule has 1 aliphatic carbocycles. The average Bonchev–Trinajstić information content (AvgIpc) is 2.88. The number of aromatic nitrogens is 1. The van der Waals surface area contributed by atoms with E-state index < -0.39 is 0 Å². The maximum Gasteiger partial charge on any atom is 0.107 e. The summed E-state index contributed by atoms with van der Waals surface area (Å²) in [7, 11) is 2.11. The van der Waals surface area contributed by atoms with Crippen molar-refractivity contribution in [2.45, 2.75) is 38.5 Å². The summed E-state index contributed by atoms with van der Waals surface area (Å²) in [6.45, 7) is 2.69. The van der Waals surface area contributed by atoms with Gasteiger partial charge in [-0.05, 0) is 26.0 Å². The highest BCUT2D eigenvalue weighted by molar-refractivity contribution is 7.09. The van der Waals surface area contributed by atoms with Crippen LogP contribution < -0.4 is 5.32 Å². The van der Waals surface area contributed by atoms with Crippen LogP contribution in [0, 0.1) is 0 Å². The monoisotopic (exact) mass is 277 g/mol. The fourth-order valence-corrected chi connectivity index (χ4v) is 2.78. The second-order valence-corrected chi connectivity index (χ2v) is 6.13. The van der Waals surface area contributed by atoms with E-state index in [1.807, 2.05) is 6.07 Å². The average molecular weight is 277 g/mol. The van der Waals surface area contributed by atoms with E-state index in [0.29, 0.717) is 0 Å². The molecule has 0 spiro atoms. The van der Waals surface area contributed by atoms with Gasteiger partial charge in [-0.2, -0.15) is 0 Å². The lowest BCUT2D eigenvalue weighted by Gasteiger charge is -2.13. The predicted octanol–water partition coefficient (Wildman–Crippen LogP) is 2.62. The number of furan rings is 1. The molecule has 4 nitrogen and oxygen atoms in total. The van der Waals surface area contributed by atoms with Crippen molar-refractivity contribution in [3.05, 3.63) is 40.2 Å². The minimum absolute atomic E-state index is 0.746. The number of nitrogens with one attached hydrogen (secondary N) is 1. The van der Waals surface area contributed by atoms with Gasteiger partial charge in [-0.15, -0.1) is 11.3 Å². The van der Waals surface area contributed by atoms with Crippen LogP contribution in [0.4, 0.5) is 0 Å². The van der Waals surface area contributed by atoms with Gasteiger partial charge in [-0.1, -0.05) is 0 Å². The van der Waals surface area contributed by atoms with E-state index in [9.17, 15) is 0 Å². The van der Waals surface area contributed by atoms with Crippen molar-refractivity contribution in [2.75, 3.05) is 7.05 Å². The van der Waals surface area contributed by atoms with Gasteiger partial charge in [0, 0.05) is 36.6 Å². The Morgan fingerprint density at radius 2 is 2.37 bits per heavy atom. The zero-order chi connectivity index (χ0) is 13.1. The first-order chi connectivity index (χ1) is 9.29. The Kier molecular flexibility index (Phi) is 3.96. The summed E-state index contributed by atoms with van der Waals surface area (Å²) in [5.74, 6) is 0. The molecule has 0 aliphatic heterocycles. The van der Waals surface area contributed by atoms with Crippen LogP contribution in [-0.4, -0.2) is 23.0 Å². The van der Waals surface area contributed by atoms with E-state index in [2.05, 4.69) is 27.6 Å². The summed E-state index contributed by atoms with van der Waals surface area (Å²) in [5.41, 5.74) is 2.36. The van der Waals surface area contributed by atoms with Gasteiger partial charge in [0.2, 0.25) is 0 Å². The van der Waals surface area contributed by atoms with Crippen molar-refractivity contribution in [3.8, 4) is 0 Å². The molecule has 0 unspecified atom stereocenters. The molecule has 102 valence electrons. The van der Waals surface area contributed by atoms with Crippen molar-refractivity contribution in [1.82, 2.24) is 15.2 Å². The topological polar surface area (TPSA) is 41.3 Å². The Labute approximate surface area is 117 Å². The molecule has 1 saturated carbocycles. The molecule has 0 atom stereocenters. The van der Waals surface area contributed by atoms with E-state index in [4.69, 9.17) is 4.42 Å². The summed E-state index contributed by atoms with van der Waals surface area (Å²) < 4.78 is 5.08. The third-order valence-corrected chi connectivity index (χ3v) is 4.08. The maximum absolute atomic E-state index is 5.08. The third kappa shape index (κ3) is 3.89. The number of hydrogen-bond donors (Lipinski definition) is 1. The van der Waals surface area contributed by atoms with Crippen molar-refractivity contribution in [3.63, 3.8) is 0 Å². The Bertz CT molecular complexity index is 505. The first-order valence-corrected chi connectivity index (χ1v) is 7.54. The summed E-state index contributed by atoms with van der Waals surface area (Å²) in [6, 6.07) is 2.75. The predicted molar refractivity (Wildman–Crippen MR) is 75.9 cm³/mol. The molecule has 2 aromatic heterocycles. The van der Waals surface area contributed by atoms with Crippen molar-refractivity contribution >= 4 is 11.3 Å². The van der Waals surface area contributed by atoms with E-state index in [-0.39, 0.29) is 0 Å². The van der Waals surface area contributed by atoms with Crippen LogP contribution >= 0.6 is 11.3 Å². The zero-order valence-electron chi connectivity index (χ0n) is 11.1. The summed E-state index contributed by atoms with van der Waals surface area (Å²) in [6.07, 6.45) is 6.16. The van der Waals surface area contributed by atoms with E-state index >= 15 is 0 Å². The summed E-state index contributed by atoms with van der Waals surface area (Å²) >= 11 is 1.75. The lowest BCUT2D eigenvalue weighted by molar-refractivity contribution is 0.314. The number of thiazole rings is 1. The molecule has 0 bridgehead atoms. The lowest BCUT2D eigenvalue weighted by atomic mass is 10.3. The molecule has 19 heavy (non-hydrogen) atoms. The number of nitrogens with zero attached hydrogens (tertiary/aromatic N) is 2. The van der Waals surface area contributed by atoms with Gasteiger partial charge in [0.15, 0.2) is 0 Å². The van der Waals surface area contributed by atoms with Gasteiger partial charge in [0.05, 0.1) is 18.2 Å². The highest BCUT2D eigenvalue weighted by atomic mass is 32.1. The smallest absolute Gasteiger partial charge is 0.107 e. The molecule has 0 amide bonds. The minimum Gasteiger partial charge on any atom is -0.472 e. The van der Waals surface area contributed by atoms with Gasteiger partial charge in [0.25, 0.3) is 0 Å². The summed E-state index contributed by atoms with van der Waals surface area (Å²) in [4.78, 5) is 6.92. The van der Waals surface area contributed by atoms with Crippen LogP contribution in [0.15, 0.2) is 28.4 Å². The van der Waals surface area contributed by atoms with Crippen molar-refractivity contribution in [1.29, 1.82) is 0 Å². The molecule has 1 N–H and O–H groups in total. The van der Waals surface area contributed by atoms with Gasteiger partial charge < -0.3 is 9.73 Å². The molecular formula is C14H19N3OS. The standard InChI is InChI=1S/C14H19N3OS/c1-17(7-11-4-5-18-9-11)8-13-10-19-14(16-13)6-15-12-2-3-12/h4-5,9-10,12,15H,2-3,6-8H2,1H3. The number of hydrogen-bond acceptors (Lipinski definition) is 5. The Balaban J connectivity index is 1.48. The Morgan fingerprint density at radius 3 is 3.11 bits per heavy atom. The molecule has 0 aromatic carbocycles. The second kappa shape index (κ2) is 5.86. The lowest BCUT2D eigenvalue weighted by Crippen LogP contribution is -2.18. The Morgan fingerprint density at radius 1 is 1.47 bits per heavy atom. The molecule has 1 aliphatic rings. The van der Waals surface area contributed by atoms with Crippen LogP contribution in [0.25, 0.3) is 0 Å². The largest absolute Gasteiger partial charge is 0.472 e. The fourth-order valence-electron chi connectivity index (χ4n) is 2.05. The molecule has 0 radical (unpaired) electrons. The first kappa shape index (κ1) is 12.8. The van der Waals surface area contributed by atoms with Crippen LogP contribution in [-0.2, 0) is 19.6 Å². The van der Waals surface area contributed by atoms with E-state index in [1.54, 1.807) is 23.9 Å². The molecule has 1 fully saturated rings. The van der Waals surface area contributed by atoms with E-state index in [0.717, 1.165) is 31.4 Å². The normalized spacial score (nSPS) is 15.3. The van der Waals surface area contributed by atoms with Crippen LogP contribution in [0.5, 0.6) is 0 Å². The molecule has 5 heteroatoms. The van der Waals surface area contributed by atoms with Crippen molar-refractivity contribution < 1.29 is 4.42 Å². The molecular weight excluding hydrogens is 258 g/mol. The molecule has 2 aromatic rings. The van der Waals surface area contributed by atoms with Gasteiger partial charge in [0.1, 0.15) is 5.01 Å². The maximum atomic E-state index is 5.08. The minimum atomic E-state index is 0.746. The first-order valence-electron chi connectivity index (χ1n) is 6.66. The van der Waals surface area contributed by atoms with Crippen LogP contribution in [0.2, 0.25) is 0 Å². The quantitative estimate of drug-likeness (QED) is 0.844. The fraction of sp³-hybridized carbons (Fsp3) is 0.500. The zero-order valence-corrected chi connectivity index (χ0v) is 11.9. The highest BCUT2D eigenvalue weighted by Gasteiger charge is 2.20.